The van der Waals surface area contributed by atoms with Crippen LogP contribution in [0.4, 0.5) is 0 Å². The van der Waals surface area contributed by atoms with Crippen LogP contribution in [0.1, 0.15) is 31.1 Å². The monoisotopic (exact) mass is 235 g/mol. The smallest absolute Gasteiger partial charge is 0.123 e. The molecule has 0 radical (unpaired) electrons. The van der Waals surface area contributed by atoms with Gasteiger partial charge in [0, 0.05) is 12.1 Å². The first-order valence-corrected chi connectivity index (χ1v) is 6.27. The minimum absolute atomic E-state index is 0.152. The molecule has 1 atom stereocenters. The van der Waals surface area contributed by atoms with Gasteiger partial charge in [-0.15, -0.1) is 0 Å². The predicted octanol–water partition coefficient (Wildman–Crippen LogP) is 2.31. The van der Waals surface area contributed by atoms with Crippen LogP contribution in [-0.2, 0) is 11.2 Å². The van der Waals surface area contributed by atoms with Crippen LogP contribution in [0.2, 0.25) is 0 Å². The van der Waals surface area contributed by atoms with Crippen LogP contribution in [0, 0.1) is 0 Å². The lowest BCUT2D eigenvalue weighted by molar-refractivity contribution is 0.0425. The summed E-state index contributed by atoms with van der Waals surface area (Å²) in [5.41, 5.74) is 2.58. The summed E-state index contributed by atoms with van der Waals surface area (Å²) in [6, 6.07) is 6.25. The van der Waals surface area contributed by atoms with E-state index >= 15 is 0 Å². The molecular formula is C14H21NO2. The third-order valence-corrected chi connectivity index (χ3v) is 2.94. The molecule has 1 aromatic rings. The molecule has 94 valence electrons. The lowest BCUT2D eigenvalue weighted by Crippen LogP contribution is -2.26. The molecule has 1 heterocycles. The number of rotatable bonds is 4. The molecule has 0 amide bonds. The van der Waals surface area contributed by atoms with E-state index in [0.29, 0.717) is 0 Å². The fourth-order valence-electron chi connectivity index (χ4n) is 2.26. The predicted molar refractivity (Wildman–Crippen MR) is 68.5 cm³/mol. The molecule has 1 aromatic carbocycles. The van der Waals surface area contributed by atoms with E-state index in [-0.39, 0.29) is 12.2 Å². The Hall–Kier alpha value is -1.06. The van der Waals surface area contributed by atoms with Crippen molar-refractivity contribution in [3.05, 3.63) is 29.3 Å². The highest BCUT2D eigenvalue weighted by Crippen LogP contribution is 2.33. The lowest BCUT2D eigenvalue weighted by atomic mass is 9.96. The van der Waals surface area contributed by atoms with Crippen LogP contribution in [0.5, 0.6) is 5.75 Å². The molecule has 0 fully saturated rings. The first-order chi connectivity index (χ1) is 8.22. The van der Waals surface area contributed by atoms with Crippen LogP contribution in [-0.4, -0.2) is 26.3 Å². The second-order valence-corrected chi connectivity index (χ2v) is 4.66. The van der Waals surface area contributed by atoms with Crippen molar-refractivity contribution in [3.63, 3.8) is 0 Å². The number of hydrogen-bond acceptors (Lipinski definition) is 3. The van der Waals surface area contributed by atoms with Gasteiger partial charge in [-0.25, -0.2) is 0 Å². The summed E-state index contributed by atoms with van der Waals surface area (Å²) >= 11 is 0. The SMILES string of the molecule is CNC[C@@H]1OCCc2c(OC(C)C)cccc21. The Morgan fingerprint density at radius 2 is 2.29 bits per heavy atom. The van der Waals surface area contributed by atoms with E-state index in [4.69, 9.17) is 9.47 Å². The summed E-state index contributed by atoms with van der Waals surface area (Å²) in [5, 5.41) is 3.17. The van der Waals surface area contributed by atoms with Gasteiger partial charge in [0.1, 0.15) is 5.75 Å². The quantitative estimate of drug-likeness (QED) is 0.868. The number of benzene rings is 1. The van der Waals surface area contributed by atoms with Crippen LogP contribution in [0.25, 0.3) is 0 Å². The second kappa shape index (κ2) is 5.52. The van der Waals surface area contributed by atoms with Crippen LogP contribution >= 0.6 is 0 Å². The Morgan fingerprint density at radius 3 is 3.00 bits per heavy atom. The fraction of sp³-hybridized carbons (Fsp3) is 0.571. The molecule has 0 saturated carbocycles. The van der Waals surface area contributed by atoms with E-state index < -0.39 is 0 Å². The average molecular weight is 235 g/mol. The normalized spacial score (nSPS) is 19.2. The number of fused-ring (bicyclic) bond motifs is 1. The van der Waals surface area contributed by atoms with Crippen LogP contribution in [0.3, 0.4) is 0 Å². The maximum Gasteiger partial charge on any atom is 0.123 e. The fourth-order valence-corrected chi connectivity index (χ4v) is 2.26. The van der Waals surface area contributed by atoms with Crippen molar-refractivity contribution in [1.82, 2.24) is 5.32 Å². The number of ether oxygens (including phenoxy) is 2. The molecule has 0 unspecified atom stereocenters. The molecule has 2 rings (SSSR count). The number of hydrogen-bond donors (Lipinski definition) is 1. The first kappa shape index (κ1) is 12.4. The maximum absolute atomic E-state index is 5.86. The highest BCUT2D eigenvalue weighted by molar-refractivity contribution is 5.43. The Labute approximate surface area is 103 Å². The Kier molecular flexibility index (Phi) is 4.02. The molecular weight excluding hydrogens is 214 g/mol. The van der Waals surface area contributed by atoms with Gasteiger partial charge in [0.25, 0.3) is 0 Å². The highest BCUT2D eigenvalue weighted by atomic mass is 16.5. The van der Waals surface area contributed by atoms with E-state index in [1.165, 1.54) is 11.1 Å². The zero-order valence-electron chi connectivity index (χ0n) is 10.8. The summed E-state index contributed by atoms with van der Waals surface area (Å²) in [7, 11) is 1.95. The zero-order chi connectivity index (χ0) is 12.3. The van der Waals surface area contributed by atoms with Gasteiger partial charge < -0.3 is 14.8 Å². The van der Waals surface area contributed by atoms with Gasteiger partial charge in [0.05, 0.1) is 18.8 Å². The van der Waals surface area contributed by atoms with Crippen molar-refractivity contribution < 1.29 is 9.47 Å². The summed E-state index contributed by atoms with van der Waals surface area (Å²) in [5.74, 6) is 1.02. The molecule has 0 bridgehead atoms. The van der Waals surface area contributed by atoms with Crippen molar-refractivity contribution in [3.8, 4) is 5.75 Å². The number of likely N-dealkylation sites (N-methyl/N-ethyl adjacent to an activating group) is 1. The molecule has 1 N–H and O–H groups in total. The maximum atomic E-state index is 5.86. The molecule has 3 nitrogen and oxygen atoms in total. The van der Waals surface area contributed by atoms with Crippen LogP contribution < -0.4 is 10.1 Å². The summed E-state index contributed by atoms with van der Waals surface area (Å²) in [6.45, 7) is 5.74. The molecule has 0 spiro atoms. The molecule has 1 aliphatic rings. The second-order valence-electron chi connectivity index (χ2n) is 4.66. The van der Waals surface area contributed by atoms with Crippen molar-refractivity contribution in [2.45, 2.75) is 32.5 Å². The van der Waals surface area contributed by atoms with E-state index in [2.05, 4.69) is 31.3 Å². The lowest BCUT2D eigenvalue weighted by Gasteiger charge is -2.28. The van der Waals surface area contributed by atoms with E-state index in [1.54, 1.807) is 0 Å². The molecule has 1 aliphatic heterocycles. The standard InChI is InChI=1S/C14H21NO2/c1-10(2)17-13-6-4-5-11-12(13)7-8-16-14(11)9-15-3/h4-6,10,14-15H,7-9H2,1-3H3/t14-/m0/s1. The molecule has 0 aromatic heterocycles. The third-order valence-electron chi connectivity index (χ3n) is 2.94. The van der Waals surface area contributed by atoms with Crippen LogP contribution in [0.15, 0.2) is 18.2 Å². The highest BCUT2D eigenvalue weighted by Gasteiger charge is 2.23. The van der Waals surface area contributed by atoms with Gasteiger partial charge in [-0.05, 0) is 38.9 Å². The van der Waals surface area contributed by atoms with E-state index in [9.17, 15) is 0 Å². The minimum atomic E-state index is 0.152. The zero-order valence-corrected chi connectivity index (χ0v) is 10.8. The topological polar surface area (TPSA) is 30.5 Å². The summed E-state index contributed by atoms with van der Waals surface area (Å²) in [6.07, 6.45) is 1.31. The largest absolute Gasteiger partial charge is 0.491 e. The van der Waals surface area contributed by atoms with Crippen molar-refractivity contribution in [2.24, 2.45) is 0 Å². The van der Waals surface area contributed by atoms with E-state index in [1.807, 2.05) is 13.1 Å². The Bertz CT molecular complexity index is 376. The van der Waals surface area contributed by atoms with Gasteiger partial charge in [-0.2, -0.15) is 0 Å². The molecule has 0 saturated heterocycles. The Morgan fingerprint density at radius 1 is 1.47 bits per heavy atom. The first-order valence-electron chi connectivity index (χ1n) is 6.27. The minimum Gasteiger partial charge on any atom is -0.491 e. The van der Waals surface area contributed by atoms with Crippen molar-refractivity contribution in [2.75, 3.05) is 20.2 Å². The molecule has 3 heteroatoms. The van der Waals surface area contributed by atoms with Gasteiger partial charge in [0.15, 0.2) is 0 Å². The van der Waals surface area contributed by atoms with Crippen molar-refractivity contribution in [1.29, 1.82) is 0 Å². The summed E-state index contributed by atoms with van der Waals surface area (Å²) in [4.78, 5) is 0. The molecule has 17 heavy (non-hydrogen) atoms. The third kappa shape index (κ3) is 2.79. The van der Waals surface area contributed by atoms with E-state index in [0.717, 1.165) is 25.3 Å². The van der Waals surface area contributed by atoms with Gasteiger partial charge in [-0.3, -0.25) is 0 Å². The molecule has 0 aliphatic carbocycles. The number of nitrogens with one attached hydrogen (secondary N) is 1. The van der Waals surface area contributed by atoms with Gasteiger partial charge in [-0.1, -0.05) is 12.1 Å². The van der Waals surface area contributed by atoms with Crippen molar-refractivity contribution >= 4 is 0 Å². The summed E-state index contributed by atoms with van der Waals surface area (Å²) < 4.78 is 11.6. The van der Waals surface area contributed by atoms with Gasteiger partial charge in [0.2, 0.25) is 0 Å². The van der Waals surface area contributed by atoms with Gasteiger partial charge >= 0.3 is 0 Å². The average Bonchev–Trinajstić information content (AvgIpc) is 2.30. The Balaban J connectivity index is 2.29.